The van der Waals surface area contributed by atoms with E-state index in [4.69, 9.17) is 9.15 Å². The molecule has 0 aliphatic carbocycles. The topological polar surface area (TPSA) is 137 Å². The van der Waals surface area contributed by atoms with E-state index in [1.54, 1.807) is 42.5 Å². The number of nitrogens with zero attached hydrogens (tertiary/aromatic N) is 2. The highest BCUT2D eigenvalue weighted by Gasteiger charge is 2.17. The van der Waals surface area contributed by atoms with Gasteiger partial charge in [0, 0.05) is 17.2 Å². The summed E-state index contributed by atoms with van der Waals surface area (Å²) in [5, 5.41) is 11.8. The van der Waals surface area contributed by atoms with Crippen molar-refractivity contribution in [3.05, 3.63) is 88.2 Å². The molecule has 11 heteroatoms. The Morgan fingerprint density at radius 3 is 2.69 bits per heavy atom. The van der Waals surface area contributed by atoms with Crippen molar-refractivity contribution in [2.24, 2.45) is 0 Å². The maximum absolute atomic E-state index is 12.9. The maximum Gasteiger partial charge on any atom is 0.311 e. The molecular weight excluding hydrogens is 472 g/mol. The largest absolute Gasteiger partial charge is 0.490 e. The number of benzene rings is 2. The fourth-order valence-electron chi connectivity index (χ4n) is 3.37. The molecule has 4 rings (SSSR count). The maximum atomic E-state index is 12.9. The van der Waals surface area contributed by atoms with Crippen LogP contribution < -0.4 is 15.6 Å². The molecule has 0 aliphatic rings. The van der Waals surface area contributed by atoms with Gasteiger partial charge in [-0.3, -0.25) is 30.6 Å². The molecule has 4 aromatic rings. The van der Waals surface area contributed by atoms with Gasteiger partial charge in [-0.2, -0.15) is 0 Å². The van der Waals surface area contributed by atoms with Crippen LogP contribution in [0.4, 0.5) is 5.69 Å². The molecule has 0 unspecified atom stereocenters. The zero-order valence-electron chi connectivity index (χ0n) is 18.5. The average Bonchev–Trinajstić information content (AvgIpc) is 3.41. The second kappa shape index (κ2) is 10.7. The molecule has 0 fully saturated rings. The van der Waals surface area contributed by atoms with Crippen LogP contribution in [0.2, 0.25) is 0 Å². The van der Waals surface area contributed by atoms with Gasteiger partial charge >= 0.3 is 5.69 Å². The quantitative estimate of drug-likeness (QED) is 0.277. The number of methoxy groups -OCH3 is 1. The lowest BCUT2D eigenvalue weighted by molar-refractivity contribution is -0.385. The molecular formula is C24H20N4O6S. The molecule has 2 amide bonds. The Labute approximate surface area is 203 Å². The number of hydrogen-bond donors (Lipinski definition) is 2. The van der Waals surface area contributed by atoms with E-state index in [0.29, 0.717) is 39.2 Å². The summed E-state index contributed by atoms with van der Waals surface area (Å²) in [4.78, 5) is 40.3. The second-order valence-corrected chi connectivity index (χ2v) is 8.29. The Morgan fingerprint density at radius 2 is 1.94 bits per heavy atom. The fraction of sp³-hybridized carbons (Fsp3) is 0.125. The summed E-state index contributed by atoms with van der Waals surface area (Å²) in [5.41, 5.74) is 6.82. The Hall–Kier alpha value is -4.38. The number of fused-ring (bicyclic) bond motifs is 1. The summed E-state index contributed by atoms with van der Waals surface area (Å²) < 4.78 is 10.4. The molecule has 0 atom stereocenters. The number of para-hydroxylation sites is 1. The number of aromatic nitrogens is 1. The minimum Gasteiger partial charge on any atom is -0.490 e. The van der Waals surface area contributed by atoms with Crippen molar-refractivity contribution >= 4 is 40.2 Å². The number of hydrogen-bond acceptors (Lipinski definition) is 8. The van der Waals surface area contributed by atoms with E-state index in [0.717, 1.165) is 0 Å². The van der Waals surface area contributed by atoms with Crippen LogP contribution in [0.1, 0.15) is 15.9 Å². The van der Waals surface area contributed by atoms with Crippen LogP contribution in [0.15, 0.2) is 71.3 Å². The number of carbonyl (C=O) groups excluding carboxylic acids is 2. The summed E-state index contributed by atoms with van der Waals surface area (Å²) in [6.45, 7) is 0. The van der Waals surface area contributed by atoms with Crippen LogP contribution in [-0.2, 0) is 10.5 Å². The normalized spacial score (nSPS) is 10.7. The minimum absolute atomic E-state index is 0.0366. The van der Waals surface area contributed by atoms with Crippen LogP contribution >= 0.6 is 11.8 Å². The zero-order valence-corrected chi connectivity index (χ0v) is 19.3. The first-order chi connectivity index (χ1) is 17.0. The number of nitrogens with one attached hydrogen (secondary N) is 2. The van der Waals surface area contributed by atoms with Gasteiger partial charge in [-0.1, -0.05) is 24.3 Å². The summed E-state index contributed by atoms with van der Waals surface area (Å²) >= 11 is 1.25. The standard InChI is InChI=1S/C24H20N4O6S/c1-33-22-9-8-15(11-20(22)28(31)32)13-35-14-23(29)26-27-24(30)17-12-19(21-7-4-10-34-21)25-18-6-3-2-5-16(17)18/h2-12H,13-14H2,1H3,(H,26,29)(H,27,30). The Morgan fingerprint density at radius 1 is 1.11 bits per heavy atom. The number of hydrazine groups is 1. The summed E-state index contributed by atoms with van der Waals surface area (Å²) in [6.07, 6.45) is 1.52. The molecule has 0 radical (unpaired) electrons. The third kappa shape index (κ3) is 5.58. The van der Waals surface area contributed by atoms with Crippen LogP contribution in [0.5, 0.6) is 5.75 Å². The van der Waals surface area contributed by atoms with Crippen LogP contribution in [0.3, 0.4) is 0 Å². The summed E-state index contributed by atoms with van der Waals surface area (Å²) in [7, 11) is 1.36. The van der Waals surface area contributed by atoms with Gasteiger partial charge < -0.3 is 9.15 Å². The predicted molar refractivity (Wildman–Crippen MR) is 131 cm³/mol. The Bertz CT molecular complexity index is 1390. The summed E-state index contributed by atoms with van der Waals surface area (Å²) in [5.74, 6) is 0.172. The molecule has 0 aliphatic heterocycles. The number of nitro benzene ring substituents is 1. The molecule has 2 N–H and O–H groups in total. The third-order valence-electron chi connectivity index (χ3n) is 4.99. The van der Waals surface area contributed by atoms with Gasteiger partial charge in [0.2, 0.25) is 5.91 Å². The number of carbonyl (C=O) groups is 2. The van der Waals surface area contributed by atoms with Gasteiger partial charge in [0.15, 0.2) is 11.5 Å². The molecule has 2 aromatic carbocycles. The van der Waals surface area contributed by atoms with Gasteiger partial charge in [0.1, 0.15) is 5.69 Å². The first-order valence-corrected chi connectivity index (χ1v) is 11.5. The highest BCUT2D eigenvalue weighted by molar-refractivity contribution is 7.99. The van der Waals surface area contributed by atoms with E-state index in [-0.39, 0.29) is 17.2 Å². The molecule has 0 saturated heterocycles. The highest BCUT2D eigenvalue weighted by Crippen LogP contribution is 2.29. The first-order valence-electron chi connectivity index (χ1n) is 10.4. The average molecular weight is 493 g/mol. The van der Waals surface area contributed by atoms with Crippen molar-refractivity contribution < 1.29 is 23.7 Å². The van der Waals surface area contributed by atoms with E-state index in [1.807, 2.05) is 6.07 Å². The number of pyridine rings is 1. The lowest BCUT2D eigenvalue weighted by Crippen LogP contribution is -2.42. The molecule has 35 heavy (non-hydrogen) atoms. The number of thioether (sulfide) groups is 1. The smallest absolute Gasteiger partial charge is 0.311 e. The summed E-state index contributed by atoms with van der Waals surface area (Å²) in [6, 6.07) is 16.9. The molecule has 0 bridgehead atoms. The number of amides is 2. The van der Waals surface area contributed by atoms with Gasteiger partial charge in [0.05, 0.1) is 35.1 Å². The number of furan rings is 1. The van der Waals surface area contributed by atoms with Gasteiger partial charge in [-0.15, -0.1) is 11.8 Å². The van der Waals surface area contributed by atoms with E-state index in [2.05, 4.69) is 15.8 Å². The molecule has 0 saturated carbocycles. The van der Waals surface area contributed by atoms with Crippen LogP contribution in [0.25, 0.3) is 22.4 Å². The van der Waals surface area contributed by atoms with Crippen molar-refractivity contribution in [1.82, 2.24) is 15.8 Å². The van der Waals surface area contributed by atoms with Crippen molar-refractivity contribution in [3.63, 3.8) is 0 Å². The second-order valence-electron chi connectivity index (χ2n) is 7.31. The predicted octanol–water partition coefficient (Wildman–Crippen LogP) is 4.11. The van der Waals surface area contributed by atoms with Crippen molar-refractivity contribution in [2.75, 3.05) is 12.9 Å². The lowest BCUT2D eigenvalue weighted by Gasteiger charge is -2.11. The van der Waals surface area contributed by atoms with Gasteiger partial charge in [-0.05, 0) is 35.9 Å². The Kier molecular flexibility index (Phi) is 7.27. The molecule has 2 heterocycles. The lowest BCUT2D eigenvalue weighted by atomic mass is 10.1. The van der Waals surface area contributed by atoms with Crippen LogP contribution in [-0.4, -0.2) is 34.6 Å². The fourth-order valence-corrected chi connectivity index (χ4v) is 4.15. The van der Waals surface area contributed by atoms with Crippen LogP contribution in [0, 0.1) is 10.1 Å². The molecule has 0 spiro atoms. The van der Waals surface area contributed by atoms with Crippen molar-refractivity contribution in [1.29, 1.82) is 0 Å². The van der Waals surface area contributed by atoms with E-state index < -0.39 is 16.7 Å². The highest BCUT2D eigenvalue weighted by atomic mass is 32.2. The monoisotopic (exact) mass is 492 g/mol. The molecule has 10 nitrogen and oxygen atoms in total. The third-order valence-corrected chi connectivity index (χ3v) is 6.00. The minimum atomic E-state index is -0.519. The SMILES string of the molecule is COc1ccc(CSCC(=O)NNC(=O)c2cc(-c3ccco3)nc3ccccc23)cc1[N+](=O)[O-]. The van der Waals surface area contributed by atoms with E-state index >= 15 is 0 Å². The first kappa shape index (κ1) is 23.8. The van der Waals surface area contributed by atoms with Crippen molar-refractivity contribution in [3.8, 4) is 17.2 Å². The van der Waals surface area contributed by atoms with E-state index in [1.165, 1.54) is 37.3 Å². The van der Waals surface area contributed by atoms with Crippen molar-refractivity contribution in [2.45, 2.75) is 5.75 Å². The molecule has 178 valence electrons. The number of nitro groups is 1. The van der Waals surface area contributed by atoms with Gasteiger partial charge in [0.25, 0.3) is 5.91 Å². The van der Waals surface area contributed by atoms with E-state index in [9.17, 15) is 19.7 Å². The Balaban J connectivity index is 1.37. The zero-order chi connectivity index (χ0) is 24.8. The van der Waals surface area contributed by atoms with Gasteiger partial charge in [-0.25, -0.2) is 4.98 Å². The number of ether oxygens (including phenoxy) is 1. The molecule has 2 aromatic heterocycles. The number of rotatable bonds is 8.